The number of carbonyl (C=O) groups excluding carboxylic acids is 1. The Hall–Kier alpha value is -0.780. The molecule has 0 radical (unpaired) electrons. The molecule has 0 heterocycles. The molecule has 0 amide bonds. The average Bonchev–Trinajstić information content (AvgIpc) is 2.80. The summed E-state index contributed by atoms with van der Waals surface area (Å²) in [6.07, 6.45) is -7.06. The molecule has 0 aromatic heterocycles. The lowest BCUT2D eigenvalue weighted by Crippen LogP contribution is -2.41. The van der Waals surface area contributed by atoms with Gasteiger partial charge in [-0.25, -0.2) is 4.79 Å². The van der Waals surface area contributed by atoms with Gasteiger partial charge in [-0.3, -0.25) is 0 Å². The minimum absolute atomic E-state index is 0.216. The average molecular weight is 198 g/mol. The summed E-state index contributed by atoms with van der Waals surface area (Å²) in [4.78, 5) is 10.7. The van der Waals surface area contributed by atoms with Crippen molar-refractivity contribution in [2.24, 2.45) is 5.41 Å². The van der Waals surface area contributed by atoms with Crippen LogP contribution in [0.15, 0.2) is 0 Å². The van der Waals surface area contributed by atoms with Crippen LogP contribution in [0, 0.1) is 5.41 Å². The van der Waals surface area contributed by atoms with Crippen LogP contribution in [0.25, 0.3) is 0 Å². The molecule has 1 aliphatic carbocycles. The van der Waals surface area contributed by atoms with Gasteiger partial charge in [0.05, 0.1) is 7.11 Å². The van der Waals surface area contributed by atoms with E-state index in [9.17, 15) is 18.0 Å². The van der Waals surface area contributed by atoms with Gasteiger partial charge in [-0.2, -0.15) is 13.2 Å². The van der Waals surface area contributed by atoms with Gasteiger partial charge in [-0.1, -0.05) is 0 Å². The molecule has 1 atom stereocenters. The fourth-order valence-corrected chi connectivity index (χ4v) is 1.18. The van der Waals surface area contributed by atoms with Crippen molar-refractivity contribution < 1.29 is 27.8 Å². The molecular weight excluding hydrogens is 189 g/mol. The van der Waals surface area contributed by atoms with E-state index < -0.39 is 23.7 Å². The van der Waals surface area contributed by atoms with Crippen molar-refractivity contribution in [1.29, 1.82) is 0 Å². The topological polar surface area (TPSA) is 46.5 Å². The lowest BCUT2D eigenvalue weighted by molar-refractivity contribution is -0.220. The zero-order valence-corrected chi connectivity index (χ0v) is 6.89. The smallest absolute Gasteiger partial charge is 0.397 e. The van der Waals surface area contributed by atoms with Crippen LogP contribution in [0.1, 0.15) is 12.8 Å². The Bertz CT molecular complexity index is 220. The zero-order valence-electron chi connectivity index (χ0n) is 6.89. The van der Waals surface area contributed by atoms with E-state index in [1.165, 1.54) is 0 Å². The number of esters is 1. The van der Waals surface area contributed by atoms with E-state index in [0.29, 0.717) is 0 Å². The van der Waals surface area contributed by atoms with E-state index in [2.05, 4.69) is 4.74 Å². The van der Waals surface area contributed by atoms with Crippen molar-refractivity contribution in [1.82, 2.24) is 0 Å². The fraction of sp³-hybridized carbons (Fsp3) is 0.857. The Labute approximate surface area is 72.5 Å². The van der Waals surface area contributed by atoms with Gasteiger partial charge in [0, 0.05) is 0 Å². The number of ether oxygens (including phenoxy) is 1. The van der Waals surface area contributed by atoms with Gasteiger partial charge in [0.1, 0.15) is 5.41 Å². The molecule has 1 fully saturated rings. The first-order chi connectivity index (χ1) is 5.85. The quantitative estimate of drug-likeness (QED) is 0.669. The minimum Gasteiger partial charge on any atom is -0.467 e. The van der Waals surface area contributed by atoms with E-state index in [1.807, 2.05) is 0 Å². The summed E-state index contributed by atoms with van der Waals surface area (Å²) in [5.74, 6) is -1.23. The standard InChI is InChI=1S/C7H9F3O3/c1-13-5(12)4(11)6(2-3-6)7(8,9)10/h4,11H,2-3H2,1H3. The van der Waals surface area contributed by atoms with Gasteiger partial charge >= 0.3 is 12.1 Å². The number of carbonyl (C=O) groups is 1. The van der Waals surface area contributed by atoms with Crippen LogP contribution in [-0.4, -0.2) is 30.5 Å². The van der Waals surface area contributed by atoms with E-state index in [-0.39, 0.29) is 12.8 Å². The SMILES string of the molecule is COC(=O)C(O)C1(C(F)(F)F)CC1. The van der Waals surface area contributed by atoms with Crippen LogP contribution in [-0.2, 0) is 9.53 Å². The molecule has 13 heavy (non-hydrogen) atoms. The van der Waals surface area contributed by atoms with Crippen molar-refractivity contribution in [2.45, 2.75) is 25.1 Å². The number of hydrogen-bond donors (Lipinski definition) is 1. The molecule has 1 N–H and O–H groups in total. The molecule has 0 bridgehead atoms. The third kappa shape index (κ3) is 1.50. The van der Waals surface area contributed by atoms with Gasteiger partial charge in [0.15, 0.2) is 6.10 Å². The minimum atomic E-state index is -4.54. The summed E-state index contributed by atoms with van der Waals surface area (Å²) in [7, 11) is 0.942. The third-order valence-electron chi connectivity index (χ3n) is 2.30. The Morgan fingerprint density at radius 2 is 2.00 bits per heavy atom. The lowest BCUT2D eigenvalue weighted by atomic mass is 9.99. The first-order valence-electron chi connectivity index (χ1n) is 3.68. The van der Waals surface area contributed by atoms with Gasteiger partial charge in [-0.05, 0) is 12.8 Å². The van der Waals surface area contributed by atoms with Crippen molar-refractivity contribution in [3.05, 3.63) is 0 Å². The van der Waals surface area contributed by atoms with Crippen molar-refractivity contribution in [2.75, 3.05) is 7.11 Å². The summed E-state index contributed by atoms with van der Waals surface area (Å²) < 4.78 is 40.9. The highest BCUT2D eigenvalue weighted by Crippen LogP contribution is 2.60. The van der Waals surface area contributed by atoms with Gasteiger partial charge in [0.2, 0.25) is 0 Å². The zero-order chi connectivity index (χ0) is 10.3. The molecule has 1 aliphatic rings. The van der Waals surface area contributed by atoms with Crippen LogP contribution in [0.5, 0.6) is 0 Å². The Morgan fingerprint density at radius 1 is 1.54 bits per heavy atom. The maximum Gasteiger partial charge on any atom is 0.397 e. The van der Waals surface area contributed by atoms with Crippen molar-refractivity contribution in [3.8, 4) is 0 Å². The number of halogens is 3. The van der Waals surface area contributed by atoms with Crippen LogP contribution in [0.2, 0.25) is 0 Å². The second-order valence-electron chi connectivity index (χ2n) is 3.08. The summed E-state index contributed by atoms with van der Waals surface area (Å²) >= 11 is 0. The maximum absolute atomic E-state index is 12.3. The number of rotatable bonds is 2. The summed E-state index contributed by atoms with van der Waals surface area (Å²) in [5.41, 5.74) is -2.25. The van der Waals surface area contributed by atoms with E-state index in [4.69, 9.17) is 5.11 Å². The number of hydrogen-bond acceptors (Lipinski definition) is 3. The van der Waals surface area contributed by atoms with Crippen LogP contribution >= 0.6 is 0 Å². The molecule has 1 saturated carbocycles. The lowest BCUT2D eigenvalue weighted by Gasteiger charge is -2.22. The first kappa shape index (κ1) is 10.3. The highest BCUT2D eigenvalue weighted by molar-refractivity contribution is 5.76. The molecule has 6 heteroatoms. The molecule has 1 unspecified atom stereocenters. The van der Waals surface area contributed by atoms with Crippen LogP contribution in [0.4, 0.5) is 13.2 Å². The monoisotopic (exact) mass is 198 g/mol. The second-order valence-corrected chi connectivity index (χ2v) is 3.08. The van der Waals surface area contributed by atoms with Crippen molar-refractivity contribution >= 4 is 5.97 Å². The third-order valence-corrected chi connectivity index (χ3v) is 2.30. The molecule has 1 rings (SSSR count). The summed E-state index contributed by atoms with van der Waals surface area (Å²) in [5, 5.41) is 9.05. The molecule has 0 aliphatic heterocycles. The predicted molar refractivity (Wildman–Crippen MR) is 35.7 cm³/mol. The Morgan fingerprint density at radius 3 is 2.23 bits per heavy atom. The molecule has 0 saturated heterocycles. The predicted octanol–water partition coefficient (Wildman–Crippen LogP) is 0.863. The molecular formula is C7H9F3O3. The molecule has 76 valence electrons. The van der Waals surface area contributed by atoms with Crippen LogP contribution < -0.4 is 0 Å². The Balaban J connectivity index is 2.77. The summed E-state index contributed by atoms with van der Waals surface area (Å²) in [6.45, 7) is 0. The highest BCUT2D eigenvalue weighted by Gasteiger charge is 2.69. The van der Waals surface area contributed by atoms with Crippen LogP contribution in [0.3, 0.4) is 0 Å². The van der Waals surface area contributed by atoms with Gasteiger partial charge < -0.3 is 9.84 Å². The number of aliphatic hydroxyl groups is 1. The van der Waals surface area contributed by atoms with Gasteiger partial charge in [-0.15, -0.1) is 0 Å². The number of methoxy groups -OCH3 is 1. The number of aliphatic hydroxyl groups excluding tert-OH is 1. The van der Waals surface area contributed by atoms with Crippen molar-refractivity contribution in [3.63, 3.8) is 0 Å². The largest absolute Gasteiger partial charge is 0.467 e. The maximum atomic E-state index is 12.3. The molecule has 0 aromatic rings. The highest BCUT2D eigenvalue weighted by atomic mass is 19.4. The summed E-state index contributed by atoms with van der Waals surface area (Å²) in [6, 6.07) is 0. The molecule has 3 nitrogen and oxygen atoms in total. The van der Waals surface area contributed by atoms with E-state index >= 15 is 0 Å². The van der Waals surface area contributed by atoms with E-state index in [0.717, 1.165) is 7.11 Å². The fourth-order valence-electron chi connectivity index (χ4n) is 1.18. The van der Waals surface area contributed by atoms with Gasteiger partial charge in [0.25, 0.3) is 0 Å². The second kappa shape index (κ2) is 2.87. The first-order valence-corrected chi connectivity index (χ1v) is 3.68. The Kier molecular flexibility index (Phi) is 2.27. The molecule has 0 spiro atoms. The number of alkyl halides is 3. The normalized spacial score (nSPS) is 22.2. The van der Waals surface area contributed by atoms with E-state index in [1.54, 1.807) is 0 Å². The molecule has 0 aromatic carbocycles.